The van der Waals surface area contributed by atoms with Crippen molar-refractivity contribution < 1.29 is 9.59 Å². The average molecular weight is 399 g/mol. The number of carbonyl (C=O) groups excluding carboxylic acids is 2. The van der Waals surface area contributed by atoms with Gasteiger partial charge in [0.25, 0.3) is 5.91 Å². The minimum atomic E-state index is -0.862. The number of thiazole rings is 1. The molecule has 0 aliphatic carbocycles. The maximum atomic E-state index is 13.3. The standard InChI is InChI=1S/C21H26N4O2S/c1-7-13-25(20(27)18-14(3)23-15(4)28-18)17(16-9-11-22-12-10-16)19(26)24-21(5,6)8-2/h1,9-12,17H,8,13H2,2-6H3,(H,24,26)/t17-/m1/s1. The molecular formula is C21H26N4O2S. The Balaban J connectivity index is 2.51. The predicted molar refractivity (Wildman–Crippen MR) is 111 cm³/mol. The minimum absolute atomic E-state index is 0.00217. The Morgan fingerprint density at radius 3 is 2.46 bits per heavy atom. The van der Waals surface area contributed by atoms with E-state index < -0.39 is 11.6 Å². The van der Waals surface area contributed by atoms with Crippen LogP contribution in [0.2, 0.25) is 0 Å². The van der Waals surface area contributed by atoms with E-state index in [1.165, 1.54) is 16.2 Å². The Bertz CT molecular complexity index is 884. The van der Waals surface area contributed by atoms with Gasteiger partial charge in [0.15, 0.2) is 0 Å². The summed E-state index contributed by atoms with van der Waals surface area (Å²) in [6, 6.07) is 2.59. The highest BCUT2D eigenvalue weighted by molar-refractivity contribution is 7.13. The molecule has 0 radical (unpaired) electrons. The van der Waals surface area contributed by atoms with Crippen LogP contribution in [-0.2, 0) is 4.79 Å². The summed E-state index contributed by atoms with van der Waals surface area (Å²) in [6.45, 7) is 9.51. The lowest BCUT2D eigenvalue weighted by molar-refractivity contribution is -0.127. The van der Waals surface area contributed by atoms with Crippen LogP contribution in [0.4, 0.5) is 0 Å². The van der Waals surface area contributed by atoms with E-state index in [-0.39, 0.29) is 18.4 Å². The summed E-state index contributed by atoms with van der Waals surface area (Å²) < 4.78 is 0. The zero-order valence-electron chi connectivity index (χ0n) is 16.9. The number of terminal acetylenes is 1. The molecule has 2 aromatic heterocycles. The molecule has 0 fully saturated rings. The first-order valence-corrected chi connectivity index (χ1v) is 9.92. The summed E-state index contributed by atoms with van der Waals surface area (Å²) in [5.41, 5.74) is 0.878. The van der Waals surface area contributed by atoms with E-state index in [4.69, 9.17) is 6.42 Å². The maximum absolute atomic E-state index is 13.3. The van der Waals surface area contributed by atoms with E-state index in [1.807, 2.05) is 27.7 Å². The highest BCUT2D eigenvalue weighted by Gasteiger charge is 2.35. The Labute approximate surface area is 170 Å². The van der Waals surface area contributed by atoms with E-state index in [1.54, 1.807) is 31.5 Å². The monoisotopic (exact) mass is 398 g/mol. The number of pyridine rings is 1. The van der Waals surface area contributed by atoms with Gasteiger partial charge in [0.1, 0.15) is 10.9 Å². The first kappa shape index (κ1) is 21.6. The molecule has 1 atom stereocenters. The van der Waals surface area contributed by atoms with Gasteiger partial charge in [0.2, 0.25) is 5.91 Å². The molecule has 2 rings (SSSR count). The van der Waals surface area contributed by atoms with Crippen LogP contribution in [0.5, 0.6) is 0 Å². The number of nitrogens with zero attached hydrogens (tertiary/aromatic N) is 3. The molecule has 0 aliphatic rings. The third kappa shape index (κ3) is 4.96. The number of nitrogens with one attached hydrogen (secondary N) is 1. The van der Waals surface area contributed by atoms with Gasteiger partial charge >= 0.3 is 0 Å². The minimum Gasteiger partial charge on any atom is -0.349 e. The van der Waals surface area contributed by atoms with Crippen molar-refractivity contribution in [3.8, 4) is 12.3 Å². The summed E-state index contributed by atoms with van der Waals surface area (Å²) in [4.78, 5) is 36.9. The van der Waals surface area contributed by atoms with E-state index in [0.717, 1.165) is 11.4 Å². The van der Waals surface area contributed by atoms with Crippen LogP contribution >= 0.6 is 11.3 Å². The van der Waals surface area contributed by atoms with Crippen LogP contribution in [0, 0.1) is 26.2 Å². The van der Waals surface area contributed by atoms with Crippen molar-refractivity contribution in [2.24, 2.45) is 0 Å². The average Bonchev–Trinajstić information content (AvgIpc) is 2.99. The second-order valence-corrected chi connectivity index (χ2v) is 8.40. The molecule has 0 spiro atoms. The zero-order valence-corrected chi connectivity index (χ0v) is 17.8. The molecule has 0 saturated carbocycles. The van der Waals surface area contributed by atoms with E-state index in [0.29, 0.717) is 16.1 Å². The molecule has 28 heavy (non-hydrogen) atoms. The van der Waals surface area contributed by atoms with Crippen LogP contribution < -0.4 is 5.32 Å². The fraction of sp³-hybridized carbons (Fsp3) is 0.429. The number of hydrogen-bond acceptors (Lipinski definition) is 5. The third-order valence-electron chi connectivity index (χ3n) is 4.55. The number of aryl methyl sites for hydroxylation is 2. The summed E-state index contributed by atoms with van der Waals surface area (Å²) in [5, 5.41) is 3.83. The van der Waals surface area contributed by atoms with E-state index >= 15 is 0 Å². The van der Waals surface area contributed by atoms with Gasteiger partial charge in [-0.15, -0.1) is 17.8 Å². The molecule has 0 saturated heterocycles. The van der Waals surface area contributed by atoms with Crippen LogP contribution in [0.15, 0.2) is 24.5 Å². The van der Waals surface area contributed by atoms with Crippen molar-refractivity contribution in [3.63, 3.8) is 0 Å². The van der Waals surface area contributed by atoms with Gasteiger partial charge in [-0.3, -0.25) is 14.6 Å². The summed E-state index contributed by atoms with van der Waals surface area (Å²) in [7, 11) is 0. The maximum Gasteiger partial charge on any atom is 0.267 e. The SMILES string of the molecule is C#CCN(C(=O)c1sc(C)nc1C)[C@@H](C(=O)NC(C)(C)CC)c1ccncc1. The summed E-state index contributed by atoms with van der Waals surface area (Å²) in [6.07, 6.45) is 9.50. The van der Waals surface area contributed by atoms with Gasteiger partial charge in [-0.25, -0.2) is 4.98 Å². The molecule has 2 heterocycles. The van der Waals surface area contributed by atoms with Crippen molar-refractivity contribution in [1.82, 2.24) is 20.2 Å². The lowest BCUT2D eigenvalue weighted by Crippen LogP contribution is -2.50. The molecule has 148 valence electrons. The van der Waals surface area contributed by atoms with Gasteiger partial charge in [-0.1, -0.05) is 12.8 Å². The van der Waals surface area contributed by atoms with Crippen LogP contribution in [0.3, 0.4) is 0 Å². The second kappa shape index (κ2) is 8.98. The first-order chi connectivity index (χ1) is 13.2. The van der Waals surface area contributed by atoms with Gasteiger partial charge in [-0.2, -0.15) is 0 Å². The molecule has 0 unspecified atom stereocenters. The Kier molecular flexibility index (Phi) is 6.92. The van der Waals surface area contributed by atoms with Gasteiger partial charge in [0, 0.05) is 17.9 Å². The highest BCUT2D eigenvalue weighted by atomic mass is 32.1. The summed E-state index contributed by atoms with van der Waals surface area (Å²) >= 11 is 1.30. The first-order valence-electron chi connectivity index (χ1n) is 9.10. The molecule has 2 aromatic rings. The fourth-order valence-corrected chi connectivity index (χ4v) is 3.62. The third-order valence-corrected chi connectivity index (χ3v) is 5.61. The number of aromatic nitrogens is 2. The lowest BCUT2D eigenvalue weighted by atomic mass is 9.99. The normalized spacial score (nSPS) is 12.1. The molecule has 2 amide bonds. The fourth-order valence-electron chi connectivity index (χ4n) is 2.75. The second-order valence-electron chi connectivity index (χ2n) is 7.19. The van der Waals surface area contributed by atoms with Crippen LogP contribution in [-0.4, -0.2) is 38.8 Å². The molecule has 1 N–H and O–H groups in total. The van der Waals surface area contributed by atoms with E-state index in [2.05, 4.69) is 21.2 Å². The Hall–Kier alpha value is -2.72. The van der Waals surface area contributed by atoms with Crippen molar-refractivity contribution in [1.29, 1.82) is 0 Å². The largest absolute Gasteiger partial charge is 0.349 e. The Morgan fingerprint density at radius 2 is 1.96 bits per heavy atom. The molecule has 0 bridgehead atoms. The molecule has 6 nitrogen and oxygen atoms in total. The van der Waals surface area contributed by atoms with Crippen molar-refractivity contribution in [3.05, 3.63) is 45.7 Å². The number of carbonyl (C=O) groups is 2. The van der Waals surface area contributed by atoms with Gasteiger partial charge < -0.3 is 10.2 Å². The smallest absolute Gasteiger partial charge is 0.267 e. The molecule has 0 aliphatic heterocycles. The highest BCUT2D eigenvalue weighted by Crippen LogP contribution is 2.27. The molecule has 7 heteroatoms. The van der Waals surface area contributed by atoms with E-state index in [9.17, 15) is 9.59 Å². The zero-order chi connectivity index (χ0) is 20.9. The summed E-state index contributed by atoms with van der Waals surface area (Å²) in [5.74, 6) is 1.94. The van der Waals surface area contributed by atoms with Crippen LogP contribution in [0.1, 0.15) is 59.2 Å². The molecular weight excluding hydrogens is 372 g/mol. The quantitative estimate of drug-likeness (QED) is 0.727. The van der Waals surface area contributed by atoms with Crippen molar-refractivity contribution in [2.45, 2.75) is 52.6 Å². The number of rotatable bonds is 7. The van der Waals surface area contributed by atoms with Gasteiger partial charge in [-0.05, 0) is 51.8 Å². The Morgan fingerprint density at radius 1 is 1.32 bits per heavy atom. The van der Waals surface area contributed by atoms with Crippen molar-refractivity contribution in [2.75, 3.05) is 6.54 Å². The molecule has 0 aromatic carbocycles. The number of hydrogen-bond donors (Lipinski definition) is 1. The van der Waals surface area contributed by atoms with Crippen molar-refractivity contribution >= 4 is 23.2 Å². The van der Waals surface area contributed by atoms with Crippen LogP contribution in [0.25, 0.3) is 0 Å². The lowest BCUT2D eigenvalue weighted by Gasteiger charge is -2.33. The van der Waals surface area contributed by atoms with Gasteiger partial charge in [0.05, 0.1) is 17.2 Å². The predicted octanol–water partition coefficient (Wildman–Crippen LogP) is 3.28. The number of amides is 2. The topological polar surface area (TPSA) is 75.2 Å².